The minimum absolute atomic E-state index is 0.0519. The fourth-order valence-corrected chi connectivity index (χ4v) is 3.62. The molecule has 0 amide bonds. The number of hydrogen-bond acceptors (Lipinski definition) is 7. The third kappa shape index (κ3) is 8.30. The molecule has 0 aliphatic rings. The Bertz CT molecular complexity index is 1070. The molecule has 2 rings (SSSR count). The molecule has 0 fully saturated rings. The normalized spacial score (nSPS) is 12.4. The Balaban J connectivity index is 1.92. The van der Waals surface area contributed by atoms with E-state index in [9.17, 15) is 27.8 Å². The number of benzene rings is 2. The average molecular weight is 484 g/mol. The standard InChI is InChI=1S/C23H30FNO7S/c1-4-5-19-21(9-7-18(15(2)26)23(19)28)31-13-17(27)14-32-22-8-6-16(12-20(22)24)10-11-25-33(3,29)30/h6-9,12,17,25,27-28H,4-5,10-11,13-14H2,1-3H3. The molecule has 0 saturated heterocycles. The van der Waals surface area contributed by atoms with Gasteiger partial charge in [-0.1, -0.05) is 19.4 Å². The quantitative estimate of drug-likeness (QED) is 0.374. The number of carbonyl (C=O) groups is 1. The first-order chi connectivity index (χ1) is 15.5. The first-order valence-electron chi connectivity index (χ1n) is 10.5. The van der Waals surface area contributed by atoms with E-state index in [1.165, 1.54) is 25.1 Å². The van der Waals surface area contributed by atoms with E-state index in [0.717, 1.165) is 12.7 Å². The van der Waals surface area contributed by atoms with Crippen molar-refractivity contribution in [2.45, 2.75) is 39.2 Å². The number of phenolic OH excluding ortho intramolecular Hbond substituents is 1. The van der Waals surface area contributed by atoms with Gasteiger partial charge in [-0.2, -0.15) is 0 Å². The summed E-state index contributed by atoms with van der Waals surface area (Å²) in [7, 11) is -3.31. The van der Waals surface area contributed by atoms with E-state index in [0.29, 0.717) is 29.7 Å². The fourth-order valence-electron chi connectivity index (χ4n) is 3.15. The van der Waals surface area contributed by atoms with Gasteiger partial charge in [-0.05, 0) is 49.6 Å². The van der Waals surface area contributed by atoms with Gasteiger partial charge in [0.2, 0.25) is 10.0 Å². The highest BCUT2D eigenvalue weighted by atomic mass is 32.2. The second-order valence-corrected chi connectivity index (χ2v) is 9.53. The first-order valence-corrected chi connectivity index (χ1v) is 12.4. The number of halogens is 1. The van der Waals surface area contributed by atoms with Crippen LogP contribution in [0.3, 0.4) is 0 Å². The molecule has 33 heavy (non-hydrogen) atoms. The van der Waals surface area contributed by atoms with Crippen LogP contribution in [0.2, 0.25) is 0 Å². The summed E-state index contributed by atoms with van der Waals surface area (Å²) in [5, 5.41) is 20.6. The Morgan fingerprint density at radius 3 is 2.33 bits per heavy atom. The van der Waals surface area contributed by atoms with Crippen molar-refractivity contribution in [1.82, 2.24) is 4.72 Å². The zero-order valence-electron chi connectivity index (χ0n) is 18.9. The van der Waals surface area contributed by atoms with Crippen molar-refractivity contribution in [1.29, 1.82) is 0 Å². The van der Waals surface area contributed by atoms with Gasteiger partial charge < -0.3 is 19.7 Å². The number of phenols is 1. The molecular formula is C23H30FNO7S. The summed E-state index contributed by atoms with van der Waals surface area (Å²) in [5.41, 5.74) is 1.29. The number of Topliss-reactive ketones (excluding diaryl/α,β-unsaturated/α-hetero) is 1. The molecule has 1 unspecified atom stereocenters. The van der Waals surface area contributed by atoms with Gasteiger partial charge in [0, 0.05) is 12.1 Å². The maximum Gasteiger partial charge on any atom is 0.208 e. The van der Waals surface area contributed by atoms with Crippen molar-refractivity contribution >= 4 is 15.8 Å². The summed E-state index contributed by atoms with van der Waals surface area (Å²) in [6, 6.07) is 7.32. The lowest BCUT2D eigenvalue weighted by Gasteiger charge is -2.17. The van der Waals surface area contributed by atoms with Crippen LogP contribution in [0, 0.1) is 5.82 Å². The second-order valence-electron chi connectivity index (χ2n) is 7.70. The summed E-state index contributed by atoms with van der Waals surface area (Å²) in [4.78, 5) is 11.6. The number of aliphatic hydroxyl groups excluding tert-OH is 1. The average Bonchev–Trinajstić information content (AvgIpc) is 2.72. The summed E-state index contributed by atoms with van der Waals surface area (Å²) in [6.07, 6.45) is 1.50. The van der Waals surface area contributed by atoms with Crippen LogP contribution in [0.1, 0.15) is 41.8 Å². The minimum Gasteiger partial charge on any atom is -0.507 e. The van der Waals surface area contributed by atoms with E-state index in [2.05, 4.69) is 4.72 Å². The van der Waals surface area contributed by atoms with Gasteiger partial charge in [0.1, 0.15) is 30.8 Å². The minimum atomic E-state index is -3.31. The highest BCUT2D eigenvalue weighted by Gasteiger charge is 2.17. The van der Waals surface area contributed by atoms with Crippen molar-refractivity contribution in [2.24, 2.45) is 0 Å². The van der Waals surface area contributed by atoms with Crippen LogP contribution < -0.4 is 14.2 Å². The van der Waals surface area contributed by atoms with Crippen LogP contribution in [0.15, 0.2) is 30.3 Å². The van der Waals surface area contributed by atoms with E-state index < -0.39 is 21.9 Å². The Morgan fingerprint density at radius 2 is 1.76 bits per heavy atom. The van der Waals surface area contributed by atoms with Crippen molar-refractivity contribution in [3.8, 4) is 17.2 Å². The van der Waals surface area contributed by atoms with Gasteiger partial charge >= 0.3 is 0 Å². The van der Waals surface area contributed by atoms with Gasteiger partial charge in [0.05, 0.1) is 11.8 Å². The number of aromatic hydroxyl groups is 1. The highest BCUT2D eigenvalue weighted by Crippen LogP contribution is 2.33. The highest BCUT2D eigenvalue weighted by molar-refractivity contribution is 7.88. The predicted octanol–water partition coefficient (Wildman–Crippen LogP) is 2.60. The molecule has 10 heteroatoms. The third-order valence-corrected chi connectivity index (χ3v) is 5.48. The van der Waals surface area contributed by atoms with E-state index >= 15 is 0 Å². The summed E-state index contributed by atoms with van der Waals surface area (Å²) in [5.74, 6) is -0.707. The molecule has 0 heterocycles. The molecule has 0 aliphatic carbocycles. The number of sulfonamides is 1. The van der Waals surface area contributed by atoms with Crippen molar-refractivity contribution in [2.75, 3.05) is 26.0 Å². The van der Waals surface area contributed by atoms with Gasteiger partial charge in [0.25, 0.3) is 0 Å². The summed E-state index contributed by atoms with van der Waals surface area (Å²) >= 11 is 0. The lowest BCUT2D eigenvalue weighted by Crippen LogP contribution is -2.25. The van der Waals surface area contributed by atoms with Crippen LogP contribution in [-0.2, 0) is 22.9 Å². The molecule has 0 saturated carbocycles. The molecule has 0 spiro atoms. The summed E-state index contributed by atoms with van der Waals surface area (Å²) < 4.78 is 49.7. The van der Waals surface area contributed by atoms with E-state index in [1.54, 1.807) is 12.1 Å². The maximum atomic E-state index is 14.3. The van der Waals surface area contributed by atoms with Crippen LogP contribution in [-0.4, -0.2) is 56.5 Å². The number of carbonyl (C=O) groups excluding carboxylic acids is 1. The van der Waals surface area contributed by atoms with Crippen molar-refractivity contribution in [3.63, 3.8) is 0 Å². The topological polar surface area (TPSA) is 122 Å². The number of hydrogen-bond donors (Lipinski definition) is 3. The number of ketones is 1. The Morgan fingerprint density at radius 1 is 1.12 bits per heavy atom. The van der Waals surface area contributed by atoms with Crippen molar-refractivity contribution in [3.05, 3.63) is 52.8 Å². The Hall–Kier alpha value is -2.69. The van der Waals surface area contributed by atoms with Gasteiger partial charge in [-0.3, -0.25) is 4.79 Å². The number of ether oxygens (including phenoxy) is 2. The smallest absolute Gasteiger partial charge is 0.208 e. The monoisotopic (exact) mass is 483 g/mol. The molecule has 182 valence electrons. The van der Waals surface area contributed by atoms with Gasteiger partial charge in [-0.25, -0.2) is 17.5 Å². The van der Waals surface area contributed by atoms with Crippen molar-refractivity contribution < 1.29 is 37.3 Å². The first kappa shape index (κ1) is 26.6. The van der Waals surface area contributed by atoms with Crippen LogP contribution in [0.5, 0.6) is 17.2 Å². The number of rotatable bonds is 13. The molecule has 0 aromatic heterocycles. The van der Waals surface area contributed by atoms with Gasteiger partial charge in [-0.15, -0.1) is 0 Å². The number of nitrogens with one attached hydrogen (secondary N) is 1. The Labute approximate surface area is 193 Å². The maximum absolute atomic E-state index is 14.3. The molecule has 2 aromatic rings. The van der Waals surface area contributed by atoms with E-state index in [-0.39, 0.29) is 42.6 Å². The fraction of sp³-hybridized carbons (Fsp3) is 0.435. The third-order valence-electron chi connectivity index (χ3n) is 4.76. The van der Waals surface area contributed by atoms with Crippen LogP contribution >= 0.6 is 0 Å². The molecule has 0 bridgehead atoms. The Kier molecular flexibility index (Phi) is 9.63. The van der Waals surface area contributed by atoms with E-state index in [1.807, 2.05) is 6.92 Å². The predicted molar refractivity (Wildman–Crippen MR) is 122 cm³/mol. The SMILES string of the molecule is CCCc1c(OCC(O)COc2ccc(CCNS(C)(=O)=O)cc2F)ccc(C(C)=O)c1O. The van der Waals surface area contributed by atoms with E-state index in [4.69, 9.17) is 9.47 Å². The zero-order valence-corrected chi connectivity index (χ0v) is 19.7. The zero-order chi connectivity index (χ0) is 24.6. The lowest BCUT2D eigenvalue weighted by atomic mass is 10.0. The molecule has 1 atom stereocenters. The molecule has 8 nitrogen and oxygen atoms in total. The molecule has 0 aliphatic heterocycles. The van der Waals surface area contributed by atoms with Crippen LogP contribution in [0.4, 0.5) is 4.39 Å². The molecular weight excluding hydrogens is 453 g/mol. The van der Waals surface area contributed by atoms with Crippen LogP contribution in [0.25, 0.3) is 0 Å². The molecule has 2 aromatic carbocycles. The molecule has 0 radical (unpaired) electrons. The largest absolute Gasteiger partial charge is 0.507 e. The lowest BCUT2D eigenvalue weighted by molar-refractivity contribution is 0.0608. The molecule has 3 N–H and O–H groups in total. The van der Waals surface area contributed by atoms with Gasteiger partial charge in [0.15, 0.2) is 17.3 Å². The number of aliphatic hydroxyl groups is 1. The second kappa shape index (κ2) is 12.0. The summed E-state index contributed by atoms with van der Waals surface area (Å²) in [6.45, 7) is 3.05.